The SMILES string of the molecule is CC(C)Oc1ccc(CNC(=O)C(C)C2CNC2)c(C(F)(F)F)c1. The smallest absolute Gasteiger partial charge is 0.416 e. The van der Waals surface area contributed by atoms with Gasteiger partial charge in [-0.2, -0.15) is 13.2 Å². The first-order valence-corrected chi connectivity index (χ1v) is 8.03. The summed E-state index contributed by atoms with van der Waals surface area (Å²) < 4.78 is 45.1. The lowest BCUT2D eigenvalue weighted by molar-refractivity contribution is -0.138. The Morgan fingerprint density at radius 2 is 2.00 bits per heavy atom. The lowest BCUT2D eigenvalue weighted by Gasteiger charge is -2.31. The van der Waals surface area contributed by atoms with E-state index in [9.17, 15) is 18.0 Å². The largest absolute Gasteiger partial charge is 0.491 e. The van der Waals surface area contributed by atoms with E-state index in [0.29, 0.717) is 0 Å². The first-order chi connectivity index (χ1) is 11.2. The van der Waals surface area contributed by atoms with E-state index >= 15 is 0 Å². The lowest BCUT2D eigenvalue weighted by atomic mass is 9.88. The fourth-order valence-electron chi connectivity index (χ4n) is 2.54. The topological polar surface area (TPSA) is 50.4 Å². The molecule has 1 aromatic rings. The van der Waals surface area contributed by atoms with Crippen LogP contribution in [0.25, 0.3) is 0 Å². The van der Waals surface area contributed by atoms with Crippen molar-refractivity contribution in [3.8, 4) is 5.75 Å². The Balaban J connectivity index is 2.09. The number of rotatable bonds is 6. The van der Waals surface area contributed by atoms with Gasteiger partial charge in [-0.15, -0.1) is 0 Å². The fraction of sp³-hybridized carbons (Fsp3) is 0.588. The second-order valence-corrected chi connectivity index (χ2v) is 6.41. The molecule has 1 aliphatic rings. The van der Waals surface area contributed by atoms with Gasteiger partial charge < -0.3 is 15.4 Å². The Bertz CT molecular complexity index is 584. The highest BCUT2D eigenvalue weighted by Gasteiger charge is 2.34. The van der Waals surface area contributed by atoms with E-state index in [2.05, 4.69) is 10.6 Å². The number of alkyl halides is 3. The predicted molar refractivity (Wildman–Crippen MR) is 84.6 cm³/mol. The van der Waals surface area contributed by atoms with Crippen molar-refractivity contribution in [1.29, 1.82) is 0 Å². The molecule has 7 heteroatoms. The molecule has 0 spiro atoms. The minimum Gasteiger partial charge on any atom is -0.491 e. The lowest BCUT2D eigenvalue weighted by Crippen LogP contribution is -2.49. The zero-order valence-corrected chi connectivity index (χ0v) is 14.0. The second kappa shape index (κ2) is 7.42. The molecule has 0 bridgehead atoms. The molecule has 134 valence electrons. The molecule has 4 nitrogen and oxygen atoms in total. The summed E-state index contributed by atoms with van der Waals surface area (Å²) in [7, 11) is 0. The maximum Gasteiger partial charge on any atom is 0.416 e. The quantitative estimate of drug-likeness (QED) is 0.834. The van der Waals surface area contributed by atoms with E-state index in [-0.39, 0.29) is 41.7 Å². The first kappa shape index (κ1) is 18.6. The number of carbonyl (C=O) groups excluding carboxylic acids is 1. The molecule has 1 heterocycles. The molecule has 2 rings (SSSR count). The van der Waals surface area contributed by atoms with Gasteiger partial charge in [0.15, 0.2) is 0 Å². The molecule has 0 saturated carbocycles. The van der Waals surface area contributed by atoms with Crippen molar-refractivity contribution in [2.24, 2.45) is 11.8 Å². The van der Waals surface area contributed by atoms with Gasteiger partial charge in [0.25, 0.3) is 0 Å². The number of nitrogens with one attached hydrogen (secondary N) is 2. The van der Waals surface area contributed by atoms with Crippen LogP contribution in [-0.2, 0) is 17.5 Å². The van der Waals surface area contributed by atoms with Gasteiger partial charge in [-0.3, -0.25) is 4.79 Å². The van der Waals surface area contributed by atoms with Crippen LogP contribution in [0.4, 0.5) is 13.2 Å². The highest BCUT2D eigenvalue weighted by atomic mass is 19.4. The third-order valence-corrected chi connectivity index (χ3v) is 4.15. The molecule has 24 heavy (non-hydrogen) atoms. The number of carbonyl (C=O) groups is 1. The average Bonchev–Trinajstić information content (AvgIpc) is 2.41. The Hall–Kier alpha value is -1.76. The summed E-state index contributed by atoms with van der Waals surface area (Å²) in [4.78, 5) is 12.1. The van der Waals surface area contributed by atoms with Gasteiger partial charge >= 0.3 is 6.18 Å². The maximum absolute atomic E-state index is 13.3. The molecule has 1 amide bonds. The molecule has 1 saturated heterocycles. The van der Waals surface area contributed by atoms with Crippen molar-refractivity contribution in [1.82, 2.24) is 10.6 Å². The molecular weight excluding hydrogens is 321 g/mol. The summed E-state index contributed by atoms with van der Waals surface area (Å²) in [5, 5.41) is 5.69. The van der Waals surface area contributed by atoms with Gasteiger partial charge in [0.1, 0.15) is 5.75 Å². The van der Waals surface area contributed by atoms with Crippen LogP contribution >= 0.6 is 0 Å². The molecule has 1 aromatic carbocycles. The van der Waals surface area contributed by atoms with Crippen LogP contribution in [0.1, 0.15) is 31.9 Å². The predicted octanol–water partition coefficient (Wildman–Crippen LogP) is 2.96. The van der Waals surface area contributed by atoms with E-state index in [1.54, 1.807) is 20.8 Å². The second-order valence-electron chi connectivity index (χ2n) is 6.41. The third-order valence-electron chi connectivity index (χ3n) is 4.15. The van der Waals surface area contributed by atoms with E-state index in [0.717, 1.165) is 19.2 Å². The number of hydrogen-bond donors (Lipinski definition) is 2. The summed E-state index contributed by atoms with van der Waals surface area (Å²) in [6, 6.07) is 3.84. The van der Waals surface area contributed by atoms with Crippen molar-refractivity contribution in [3.63, 3.8) is 0 Å². The normalized spacial score (nSPS) is 16.6. The molecule has 0 aromatic heterocycles. The number of amides is 1. The first-order valence-electron chi connectivity index (χ1n) is 8.03. The Morgan fingerprint density at radius 3 is 2.50 bits per heavy atom. The number of benzene rings is 1. The molecule has 1 fully saturated rings. The summed E-state index contributed by atoms with van der Waals surface area (Å²) >= 11 is 0. The molecule has 0 radical (unpaired) electrons. The van der Waals surface area contributed by atoms with Gasteiger partial charge in [0.05, 0.1) is 11.7 Å². The van der Waals surface area contributed by atoms with Gasteiger partial charge in [-0.1, -0.05) is 13.0 Å². The number of hydrogen-bond acceptors (Lipinski definition) is 3. The monoisotopic (exact) mass is 344 g/mol. The summed E-state index contributed by atoms with van der Waals surface area (Å²) in [6.07, 6.45) is -4.71. The minimum absolute atomic E-state index is 0.0332. The van der Waals surface area contributed by atoms with Crippen molar-refractivity contribution in [2.45, 2.75) is 39.6 Å². The van der Waals surface area contributed by atoms with E-state index < -0.39 is 11.7 Å². The number of ether oxygens (including phenoxy) is 1. The summed E-state index contributed by atoms with van der Waals surface area (Å²) in [5.74, 6) is -0.0310. The Labute approximate surface area is 139 Å². The van der Waals surface area contributed by atoms with Gasteiger partial charge in [0, 0.05) is 12.5 Å². The standard InChI is InChI=1S/C17H23F3N2O2/c1-10(2)24-14-5-4-12(15(6-14)17(18,19)20)9-22-16(23)11(3)13-7-21-8-13/h4-6,10-11,13,21H,7-9H2,1-3H3,(H,22,23). The molecule has 1 atom stereocenters. The Morgan fingerprint density at radius 1 is 1.33 bits per heavy atom. The van der Waals surface area contributed by atoms with E-state index in [1.165, 1.54) is 12.1 Å². The van der Waals surface area contributed by atoms with Crippen molar-refractivity contribution in [3.05, 3.63) is 29.3 Å². The average molecular weight is 344 g/mol. The van der Waals surface area contributed by atoms with Crippen LogP contribution in [-0.4, -0.2) is 25.1 Å². The molecule has 2 N–H and O–H groups in total. The zero-order chi connectivity index (χ0) is 17.9. The van der Waals surface area contributed by atoms with Crippen LogP contribution in [0.2, 0.25) is 0 Å². The van der Waals surface area contributed by atoms with Crippen LogP contribution in [0.3, 0.4) is 0 Å². The molecule has 1 aliphatic heterocycles. The summed E-state index contributed by atoms with van der Waals surface area (Å²) in [5.41, 5.74) is -0.746. The number of halogens is 3. The van der Waals surface area contributed by atoms with Crippen molar-refractivity contribution >= 4 is 5.91 Å². The fourth-order valence-corrected chi connectivity index (χ4v) is 2.54. The third kappa shape index (κ3) is 4.63. The van der Waals surface area contributed by atoms with Gasteiger partial charge in [-0.05, 0) is 50.6 Å². The van der Waals surface area contributed by atoms with Gasteiger partial charge in [0.2, 0.25) is 5.91 Å². The van der Waals surface area contributed by atoms with Crippen LogP contribution in [0.5, 0.6) is 5.75 Å². The highest BCUT2D eigenvalue weighted by Crippen LogP contribution is 2.34. The van der Waals surface area contributed by atoms with Crippen molar-refractivity contribution < 1.29 is 22.7 Å². The van der Waals surface area contributed by atoms with Crippen LogP contribution in [0, 0.1) is 11.8 Å². The van der Waals surface area contributed by atoms with Crippen LogP contribution < -0.4 is 15.4 Å². The Kier molecular flexibility index (Phi) is 5.74. The van der Waals surface area contributed by atoms with E-state index in [4.69, 9.17) is 4.74 Å². The van der Waals surface area contributed by atoms with Crippen molar-refractivity contribution in [2.75, 3.05) is 13.1 Å². The van der Waals surface area contributed by atoms with Crippen LogP contribution in [0.15, 0.2) is 18.2 Å². The summed E-state index contributed by atoms with van der Waals surface area (Å²) in [6.45, 7) is 6.68. The maximum atomic E-state index is 13.3. The van der Waals surface area contributed by atoms with Gasteiger partial charge in [-0.25, -0.2) is 0 Å². The highest BCUT2D eigenvalue weighted by molar-refractivity contribution is 5.78. The molecule has 1 unspecified atom stereocenters. The molecular formula is C17H23F3N2O2. The zero-order valence-electron chi connectivity index (χ0n) is 14.0. The van der Waals surface area contributed by atoms with E-state index in [1.807, 2.05) is 0 Å². The molecule has 0 aliphatic carbocycles. The minimum atomic E-state index is -4.50.